The first-order valence-electron chi connectivity index (χ1n) is 8.77. The Morgan fingerprint density at radius 2 is 1.90 bits per heavy atom. The highest BCUT2D eigenvalue weighted by Gasteiger charge is 2.22. The minimum absolute atomic E-state index is 0.0184. The fraction of sp³-hybridized carbons (Fsp3) is 0.200. The lowest BCUT2D eigenvalue weighted by Gasteiger charge is -2.16. The number of benzene rings is 2. The number of nitrogens with zero attached hydrogens (tertiary/aromatic N) is 3. The zero-order valence-electron chi connectivity index (χ0n) is 15.6. The molecule has 9 heteroatoms. The quantitative estimate of drug-likeness (QED) is 0.450. The number of amides is 1. The van der Waals surface area contributed by atoms with E-state index in [-0.39, 0.29) is 17.3 Å². The van der Waals surface area contributed by atoms with Gasteiger partial charge < -0.3 is 10.1 Å². The minimum atomic E-state index is -0.806. The second kappa shape index (κ2) is 9.83. The van der Waals surface area contributed by atoms with Crippen molar-refractivity contribution in [2.45, 2.75) is 17.6 Å². The molecule has 0 bridgehead atoms. The van der Waals surface area contributed by atoms with Crippen LogP contribution in [0.25, 0.3) is 5.69 Å². The van der Waals surface area contributed by atoms with Crippen molar-refractivity contribution in [3.8, 4) is 5.69 Å². The molecule has 0 aliphatic rings. The van der Waals surface area contributed by atoms with E-state index in [0.29, 0.717) is 11.6 Å². The zero-order valence-corrected chi connectivity index (χ0v) is 16.4. The third kappa shape index (κ3) is 5.41. The summed E-state index contributed by atoms with van der Waals surface area (Å²) >= 11 is 1.09. The number of carbonyl (C=O) groups excluding carboxylic acids is 2. The first-order chi connectivity index (χ1) is 14.1. The average molecular weight is 414 g/mol. The highest BCUT2D eigenvalue weighted by atomic mass is 32.2. The Morgan fingerprint density at radius 1 is 1.17 bits per heavy atom. The van der Waals surface area contributed by atoms with E-state index in [2.05, 4.69) is 15.5 Å². The Hall–Kier alpha value is -3.20. The Balaban J connectivity index is 1.64. The zero-order chi connectivity index (χ0) is 20.6. The van der Waals surface area contributed by atoms with E-state index >= 15 is 0 Å². The van der Waals surface area contributed by atoms with Gasteiger partial charge in [-0.1, -0.05) is 54.2 Å². The largest absolute Gasteiger partial charge is 0.467 e. The number of hydrogen-bond acceptors (Lipinski definition) is 6. The predicted octanol–water partition coefficient (Wildman–Crippen LogP) is 2.40. The molecule has 7 nitrogen and oxygen atoms in total. The maximum absolute atomic E-state index is 14.0. The van der Waals surface area contributed by atoms with Crippen LogP contribution >= 0.6 is 11.8 Å². The van der Waals surface area contributed by atoms with Crippen molar-refractivity contribution in [2.75, 3.05) is 12.9 Å². The average Bonchev–Trinajstić information content (AvgIpc) is 3.20. The molecular formula is C20H19FN4O3S. The molecule has 150 valence electrons. The van der Waals surface area contributed by atoms with E-state index < -0.39 is 17.8 Å². The number of esters is 1. The molecule has 1 atom stereocenters. The normalized spacial score (nSPS) is 11.7. The van der Waals surface area contributed by atoms with Crippen molar-refractivity contribution >= 4 is 23.6 Å². The van der Waals surface area contributed by atoms with E-state index in [4.69, 9.17) is 4.74 Å². The van der Waals surface area contributed by atoms with Crippen LogP contribution in [0.2, 0.25) is 0 Å². The van der Waals surface area contributed by atoms with Crippen LogP contribution in [0.1, 0.15) is 5.56 Å². The maximum atomic E-state index is 14.0. The summed E-state index contributed by atoms with van der Waals surface area (Å²) in [5.74, 6) is -1.34. The summed E-state index contributed by atoms with van der Waals surface area (Å²) in [5, 5.41) is 10.8. The number of nitrogens with one attached hydrogen (secondary N) is 1. The molecule has 0 radical (unpaired) electrons. The van der Waals surface area contributed by atoms with E-state index in [9.17, 15) is 14.0 Å². The Labute approximate surface area is 171 Å². The number of thioether (sulfide) groups is 1. The van der Waals surface area contributed by atoms with Crippen molar-refractivity contribution in [3.05, 3.63) is 72.3 Å². The van der Waals surface area contributed by atoms with Gasteiger partial charge in [0.15, 0.2) is 5.16 Å². The van der Waals surface area contributed by atoms with Crippen LogP contribution in [-0.2, 0) is 20.7 Å². The number of rotatable bonds is 8. The summed E-state index contributed by atoms with van der Waals surface area (Å²) in [4.78, 5) is 24.5. The molecule has 3 rings (SSSR count). The SMILES string of the molecule is COC(=O)C(Cc1ccccc1)NC(=O)CSc1nncn1-c1ccccc1F. The van der Waals surface area contributed by atoms with E-state index in [1.165, 1.54) is 24.1 Å². The van der Waals surface area contributed by atoms with Crippen molar-refractivity contribution < 1.29 is 18.7 Å². The van der Waals surface area contributed by atoms with Crippen molar-refractivity contribution in [1.29, 1.82) is 0 Å². The summed E-state index contributed by atoms with van der Waals surface area (Å²) in [6.45, 7) is 0. The van der Waals surface area contributed by atoms with Crippen molar-refractivity contribution in [3.63, 3.8) is 0 Å². The van der Waals surface area contributed by atoms with Gasteiger partial charge in [0.25, 0.3) is 0 Å². The van der Waals surface area contributed by atoms with Gasteiger partial charge in [0, 0.05) is 6.42 Å². The molecule has 1 aromatic heterocycles. The van der Waals surface area contributed by atoms with Crippen LogP contribution in [0.5, 0.6) is 0 Å². The number of hydrogen-bond donors (Lipinski definition) is 1. The summed E-state index contributed by atoms with van der Waals surface area (Å²) < 4.78 is 20.3. The maximum Gasteiger partial charge on any atom is 0.328 e. The van der Waals surface area contributed by atoms with Gasteiger partial charge in [-0.3, -0.25) is 9.36 Å². The smallest absolute Gasteiger partial charge is 0.328 e. The first kappa shape index (κ1) is 20.5. The summed E-state index contributed by atoms with van der Waals surface area (Å²) in [7, 11) is 1.28. The number of methoxy groups -OCH3 is 1. The first-order valence-corrected chi connectivity index (χ1v) is 9.76. The van der Waals surface area contributed by atoms with Crippen LogP contribution in [0.15, 0.2) is 66.1 Å². The van der Waals surface area contributed by atoms with Gasteiger partial charge in [-0.15, -0.1) is 10.2 Å². The topological polar surface area (TPSA) is 86.1 Å². The number of carbonyl (C=O) groups is 2. The Morgan fingerprint density at radius 3 is 2.62 bits per heavy atom. The molecule has 1 unspecified atom stereocenters. The molecule has 1 N–H and O–H groups in total. The molecule has 0 aliphatic carbocycles. The second-order valence-electron chi connectivity index (χ2n) is 6.06. The molecule has 0 spiro atoms. The van der Waals surface area contributed by atoms with Gasteiger partial charge in [-0.25, -0.2) is 9.18 Å². The van der Waals surface area contributed by atoms with Crippen molar-refractivity contribution in [2.24, 2.45) is 0 Å². The van der Waals surface area contributed by atoms with E-state index in [1.54, 1.807) is 18.2 Å². The molecule has 0 fully saturated rings. The number of para-hydroxylation sites is 1. The molecular weight excluding hydrogens is 395 g/mol. The minimum Gasteiger partial charge on any atom is -0.467 e. The van der Waals surface area contributed by atoms with Crippen LogP contribution in [-0.4, -0.2) is 45.5 Å². The third-order valence-corrected chi connectivity index (χ3v) is 5.01. The number of aromatic nitrogens is 3. The molecule has 3 aromatic rings. The summed E-state index contributed by atoms with van der Waals surface area (Å²) in [5.41, 5.74) is 1.19. The third-order valence-electron chi connectivity index (χ3n) is 4.06. The molecule has 1 heterocycles. The van der Waals surface area contributed by atoms with Crippen LogP contribution in [0.3, 0.4) is 0 Å². The Bertz CT molecular complexity index is 981. The summed E-state index contributed by atoms with van der Waals surface area (Å²) in [6.07, 6.45) is 1.70. The Kier molecular flexibility index (Phi) is 6.96. The van der Waals surface area contributed by atoms with E-state index in [0.717, 1.165) is 17.3 Å². The van der Waals surface area contributed by atoms with Gasteiger partial charge in [0.05, 0.1) is 18.6 Å². The number of ether oxygens (including phenoxy) is 1. The predicted molar refractivity (Wildman–Crippen MR) is 106 cm³/mol. The van der Waals surface area contributed by atoms with Gasteiger partial charge in [-0.2, -0.15) is 0 Å². The van der Waals surface area contributed by atoms with Crippen molar-refractivity contribution in [1.82, 2.24) is 20.1 Å². The molecule has 1 amide bonds. The van der Waals surface area contributed by atoms with E-state index in [1.807, 2.05) is 30.3 Å². The summed E-state index contributed by atoms with van der Waals surface area (Å²) in [6, 6.07) is 14.7. The molecule has 0 saturated heterocycles. The second-order valence-corrected chi connectivity index (χ2v) is 7.00. The lowest BCUT2D eigenvalue weighted by atomic mass is 10.1. The highest BCUT2D eigenvalue weighted by Crippen LogP contribution is 2.21. The van der Waals surface area contributed by atoms with Gasteiger partial charge in [-0.05, 0) is 17.7 Å². The standard InChI is InChI=1S/C20H19FN4O3S/c1-28-19(27)16(11-14-7-3-2-4-8-14)23-18(26)12-29-20-24-22-13-25(20)17-10-6-5-9-15(17)21/h2-10,13,16H,11-12H2,1H3,(H,23,26). The molecule has 29 heavy (non-hydrogen) atoms. The van der Waals surface area contributed by atoms with Crippen LogP contribution < -0.4 is 5.32 Å². The van der Waals surface area contributed by atoms with Gasteiger partial charge in [0.1, 0.15) is 18.2 Å². The number of halogens is 1. The monoisotopic (exact) mass is 414 g/mol. The van der Waals surface area contributed by atoms with Gasteiger partial charge in [0.2, 0.25) is 5.91 Å². The van der Waals surface area contributed by atoms with Crippen LogP contribution in [0.4, 0.5) is 4.39 Å². The lowest BCUT2D eigenvalue weighted by Crippen LogP contribution is -2.43. The lowest BCUT2D eigenvalue weighted by molar-refractivity contribution is -0.144. The highest BCUT2D eigenvalue weighted by molar-refractivity contribution is 7.99. The fourth-order valence-electron chi connectivity index (χ4n) is 2.69. The molecule has 0 saturated carbocycles. The van der Waals surface area contributed by atoms with Gasteiger partial charge >= 0.3 is 5.97 Å². The van der Waals surface area contributed by atoms with Crippen LogP contribution in [0, 0.1) is 5.82 Å². The molecule has 2 aromatic carbocycles. The molecule has 0 aliphatic heterocycles. The fourth-order valence-corrected chi connectivity index (χ4v) is 3.42.